The van der Waals surface area contributed by atoms with Crippen molar-refractivity contribution in [3.63, 3.8) is 0 Å². The molecule has 1 fully saturated rings. The minimum Gasteiger partial charge on any atom is -0.350 e. The molecule has 1 aliphatic rings. The zero-order valence-corrected chi connectivity index (χ0v) is 18.4. The number of nitrogens with zero attached hydrogens (tertiary/aromatic N) is 3. The molecule has 0 saturated carbocycles. The summed E-state index contributed by atoms with van der Waals surface area (Å²) in [6, 6.07) is 0. The minimum absolute atomic E-state index is 0. The Bertz CT molecular complexity index is 511. The van der Waals surface area contributed by atoms with Crippen molar-refractivity contribution >= 4 is 41.3 Å². The number of aromatic nitrogens is 1. The van der Waals surface area contributed by atoms with Gasteiger partial charge in [0.1, 0.15) is 5.01 Å². The van der Waals surface area contributed by atoms with Gasteiger partial charge in [-0.05, 0) is 18.3 Å². The van der Waals surface area contributed by atoms with E-state index in [9.17, 15) is 0 Å². The van der Waals surface area contributed by atoms with E-state index in [1.54, 1.807) is 11.3 Å². The molecular formula is C17H31IN4S. The van der Waals surface area contributed by atoms with Crippen LogP contribution in [0.3, 0.4) is 0 Å². The van der Waals surface area contributed by atoms with Crippen LogP contribution in [0.5, 0.6) is 0 Å². The average Bonchev–Trinajstić information content (AvgIpc) is 2.87. The molecule has 2 unspecified atom stereocenters. The number of thiazole rings is 1. The molecular weight excluding hydrogens is 419 g/mol. The van der Waals surface area contributed by atoms with E-state index in [0.717, 1.165) is 42.4 Å². The number of rotatable bonds is 2. The molecule has 0 radical (unpaired) electrons. The fourth-order valence-corrected chi connectivity index (χ4v) is 4.02. The lowest BCUT2D eigenvalue weighted by molar-refractivity contribution is 0.208. The van der Waals surface area contributed by atoms with Gasteiger partial charge in [0.05, 0.1) is 12.2 Å². The maximum atomic E-state index is 4.75. The van der Waals surface area contributed by atoms with Crippen LogP contribution in [0.1, 0.15) is 51.7 Å². The minimum atomic E-state index is 0. The molecule has 1 saturated heterocycles. The predicted molar refractivity (Wildman–Crippen MR) is 111 cm³/mol. The summed E-state index contributed by atoms with van der Waals surface area (Å²) >= 11 is 1.73. The molecule has 0 aromatic carbocycles. The van der Waals surface area contributed by atoms with E-state index in [-0.39, 0.29) is 29.4 Å². The topological polar surface area (TPSA) is 40.5 Å². The number of halogens is 1. The molecule has 0 aliphatic carbocycles. The average molecular weight is 450 g/mol. The van der Waals surface area contributed by atoms with Crippen molar-refractivity contribution in [1.29, 1.82) is 0 Å². The standard InChI is InChI=1S/C17H30N4S.HI/c1-12-7-13(2)10-21(9-12)16(18-6)19-8-15-20-14(11-22-15)17(3,4)5;/h11-13H,7-10H2,1-6H3,(H,18,19);1H. The van der Waals surface area contributed by atoms with Crippen LogP contribution in [0.15, 0.2) is 10.4 Å². The highest BCUT2D eigenvalue weighted by atomic mass is 127. The lowest BCUT2D eigenvalue weighted by Crippen LogP contribution is -2.48. The van der Waals surface area contributed by atoms with Crippen molar-refractivity contribution in [2.75, 3.05) is 20.1 Å². The SMILES string of the molecule is CN=C(NCc1nc(C(C)(C)C)cs1)N1CC(C)CC(C)C1.I. The second kappa shape index (κ2) is 8.65. The maximum absolute atomic E-state index is 4.75. The van der Waals surface area contributed by atoms with Gasteiger partial charge in [-0.25, -0.2) is 4.98 Å². The Morgan fingerprint density at radius 2 is 1.96 bits per heavy atom. The molecule has 2 atom stereocenters. The summed E-state index contributed by atoms with van der Waals surface area (Å²) in [6.07, 6.45) is 1.31. The predicted octanol–water partition coefficient (Wildman–Crippen LogP) is 4.11. The summed E-state index contributed by atoms with van der Waals surface area (Å²) in [5.41, 5.74) is 1.29. The summed E-state index contributed by atoms with van der Waals surface area (Å²) in [5.74, 6) is 2.47. The summed E-state index contributed by atoms with van der Waals surface area (Å²) < 4.78 is 0. The van der Waals surface area contributed by atoms with Gasteiger partial charge < -0.3 is 10.2 Å². The molecule has 23 heavy (non-hydrogen) atoms. The van der Waals surface area contributed by atoms with E-state index in [2.05, 4.69) is 55.2 Å². The van der Waals surface area contributed by atoms with E-state index < -0.39 is 0 Å². The first-order chi connectivity index (χ1) is 10.3. The van der Waals surface area contributed by atoms with Gasteiger partial charge in [0.25, 0.3) is 0 Å². The van der Waals surface area contributed by atoms with Crippen molar-refractivity contribution in [3.05, 3.63) is 16.1 Å². The Morgan fingerprint density at radius 3 is 2.43 bits per heavy atom. The Morgan fingerprint density at radius 1 is 1.35 bits per heavy atom. The number of guanidine groups is 1. The van der Waals surface area contributed by atoms with E-state index in [0.29, 0.717) is 0 Å². The number of likely N-dealkylation sites (tertiary alicyclic amines) is 1. The molecule has 1 aromatic rings. The van der Waals surface area contributed by atoms with Gasteiger partial charge in [0.15, 0.2) is 5.96 Å². The first-order valence-corrected chi connectivity index (χ1v) is 9.08. The highest BCUT2D eigenvalue weighted by Crippen LogP contribution is 2.24. The zero-order chi connectivity index (χ0) is 16.3. The third-order valence-corrected chi connectivity index (χ3v) is 4.95. The highest BCUT2D eigenvalue weighted by Gasteiger charge is 2.24. The molecule has 0 bridgehead atoms. The van der Waals surface area contributed by atoms with Gasteiger partial charge in [-0.15, -0.1) is 35.3 Å². The Hall–Kier alpha value is -0.370. The molecule has 4 nitrogen and oxygen atoms in total. The lowest BCUT2D eigenvalue weighted by Gasteiger charge is -2.37. The molecule has 132 valence electrons. The van der Waals surface area contributed by atoms with Gasteiger partial charge in [-0.2, -0.15) is 0 Å². The summed E-state index contributed by atoms with van der Waals surface area (Å²) in [5, 5.41) is 6.79. The van der Waals surface area contributed by atoms with E-state index in [1.807, 2.05) is 7.05 Å². The van der Waals surface area contributed by atoms with E-state index >= 15 is 0 Å². The van der Waals surface area contributed by atoms with Gasteiger partial charge in [-0.3, -0.25) is 4.99 Å². The smallest absolute Gasteiger partial charge is 0.194 e. The normalized spacial score (nSPS) is 22.7. The van der Waals surface area contributed by atoms with E-state index in [1.165, 1.54) is 12.1 Å². The maximum Gasteiger partial charge on any atom is 0.194 e. The molecule has 0 amide bonds. The molecule has 2 heterocycles. The van der Waals surface area contributed by atoms with Gasteiger partial charge in [0, 0.05) is 30.9 Å². The first kappa shape index (κ1) is 20.7. The Labute approximate surface area is 162 Å². The Kier molecular flexibility index (Phi) is 7.77. The zero-order valence-electron chi connectivity index (χ0n) is 15.2. The largest absolute Gasteiger partial charge is 0.350 e. The van der Waals surface area contributed by atoms with Crippen molar-refractivity contribution in [1.82, 2.24) is 15.2 Å². The second-order valence-corrected chi connectivity index (χ2v) is 8.57. The number of piperidine rings is 1. The van der Waals surface area contributed by atoms with Crippen LogP contribution in [-0.4, -0.2) is 36.0 Å². The monoisotopic (exact) mass is 450 g/mol. The van der Waals surface area contributed by atoms with Crippen LogP contribution in [0.2, 0.25) is 0 Å². The third kappa shape index (κ3) is 5.89. The van der Waals surface area contributed by atoms with Gasteiger partial charge >= 0.3 is 0 Å². The fourth-order valence-electron chi connectivity index (χ4n) is 3.06. The fraction of sp³-hybridized carbons (Fsp3) is 0.765. The highest BCUT2D eigenvalue weighted by molar-refractivity contribution is 14.0. The number of aliphatic imine (C=N–C) groups is 1. The van der Waals surface area contributed by atoms with Crippen molar-refractivity contribution in [3.8, 4) is 0 Å². The van der Waals surface area contributed by atoms with Crippen molar-refractivity contribution in [2.45, 2.75) is 53.0 Å². The van der Waals surface area contributed by atoms with Crippen molar-refractivity contribution < 1.29 is 0 Å². The molecule has 0 spiro atoms. The van der Waals surface area contributed by atoms with Crippen LogP contribution >= 0.6 is 35.3 Å². The second-order valence-electron chi connectivity index (χ2n) is 7.63. The third-order valence-electron chi connectivity index (χ3n) is 4.10. The van der Waals surface area contributed by atoms with Crippen LogP contribution in [-0.2, 0) is 12.0 Å². The Balaban J connectivity index is 0.00000264. The van der Waals surface area contributed by atoms with Crippen LogP contribution in [0.4, 0.5) is 0 Å². The quantitative estimate of drug-likeness (QED) is 0.419. The number of hydrogen-bond donors (Lipinski definition) is 1. The van der Waals surface area contributed by atoms with Gasteiger partial charge in [-0.1, -0.05) is 34.6 Å². The summed E-state index contributed by atoms with van der Waals surface area (Å²) in [4.78, 5) is 11.6. The van der Waals surface area contributed by atoms with Gasteiger partial charge in [0.2, 0.25) is 0 Å². The van der Waals surface area contributed by atoms with Crippen LogP contribution in [0.25, 0.3) is 0 Å². The van der Waals surface area contributed by atoms with E-state index in [4.69, 9.17) is 4.98 Å². The van der Waals surface area contributed by atoms with Crippen molar-refractivity contribution in [2.24, 2.45) is 16.8 Å². The lowest BCUT2D eigenvalue weighted by atomic mass is 9.92. The summed E-state index contributed by atoms with van der Waals surface area (Å²) in [6.45, 7) is 14.2. The molecule has 6 heteroatoms. The number of nitrogens with one attached hydrogen (secondary N) is 1. The van der Waals surface area contributed by atoms with Crippen LogP contribution in [0, 0.1) is 11.8 Å². The molecule has 2 rings (SSSR count). The molecule has 1 N–H and O–H groups in total. The first-order valence-electron chi connectivity index (χ1n) is 8.20. The number of hydrogen-bond acceptors (Lipinski definition) is 3. The molecule has 1 aromatic heterocycles. The summed E-state index contributed by atoms with van der Waals surface area (Å²) in [7, 11) is 1.87. The molecule has 1 aliphatic heterocycles. The van der Waals surface area contributed by atoms with Crippen LogP contribution < -0.4 is 5.32 Å².